The van der Waals surface area contributed by atoms with Crippen molar-refractivity contribution >= 4 is 34.6 Å². The van der Waals surface area contributed by atoms with Crippen molar-refractivity contribution in [2.45, 2.75) is 6.92 Å². The number of carbonyl (C=O) groups excluding carboxylic acids is 2. The van der Waals surface area contributed by atoms with Crippen LogP contribution in [0.3, 0.4) is 0 Å². The van der Waals surface area contributed by atoms with Crippen LogP contribution in [-0.2, 0) is 4.74 Å². The topological polar surface area (TPSA) is 98.5 Å². The van der Waals surface area contributed by atoms with Crippen LogP contribution in [0.4, 0.5) is 11.4 Å². The zero-order valence-electron chi connectivity index (χ0n) is 11.8. The Morgan fingerprint density at radius 3 is 2.68 bits per heavy atom. The first-order valence-corrected chi connectivity index (χ1v) is 7.04. The van der Waals surface area contributed by atoms with E-state index in [1.54, 1.807) is 24.4 Å². The van der Waals surface area contributed by atoms with Crippen molar-refractivity contribution in [3.8, 4) is 0 Å². The minimum atomic E-state index is -0.654. The number of amides is 1. The molecule has 1 heterocycles. The van der Waals surface area contributed by atoms with E-state index in [4.69, 9.17) is 0 Å². The number of benzene rings is 1. The van der Waals surface area contributed by atoms with Crippen LogP contribution >= 0.6 is 11.3 Å². The van der Waals surface area contributed by atoms with Crippen molar-refractivity contribution in [1.82, 2.24) is 0 Å². The second-order valence-corrected chi connectivity index (χ2v) is 5.25. The Bertz CT molecular complexity index is 753. The van der Waals surface area contributed by atoms with Gasteiger partial charge in [0.05, 0.1) is 17.7 Å². The Balaban J connectivity index is 2.35. The molecule has 0 spiro atoms. The van der Waals surface area contributed by atoms with Gasteiger partial charge in [-0.05, 0) is 24.4 Å². The van der Waals surface area contributed by atoms with E-state index in [-0.39, 0.29) is 21.8 Å². The third kappa shape index (κ3) is 2.96. The molecule has 0 radical (unpaired) electrons. The van der Waals surface area contributed by atoms with Gasteiger partial charge in [0, 0.05) is 5.56 Å². The Morgan fingerprint density at radius 2 is 2.05 bits per heavy atom. The van der Waals surface area contributed by atoms with Gasteiger partial charge in [0.2, 0.25) is 0 Å². The molecule has 0 atom stereocenters. The van der Waals surface area contributed by atoms with Gasteiger partial charge in [-0.3, -0.25) is 14.9 Å². The maximum absolute atomic E-state index is 12.3. The average molecular weight is 320 g/mol. The molecule has 1 N–H and O–H groups in total. The van der Waals surface area contributed by atoms with E-state index in [2.05, 4.69) is 10.1 Å². The number of hydrogen-bond acceptors (Lipinski definition) is 6. The standard InChI is InChI=1S/C14H12N2O5S/c1-8-4-3-5-9(11(8)16(19)20)13(17)15-10-6-7-22-12(10)14(18)21-2/h3-7H,1-2H3,(H,15,17). The molecule has 0 unspecified atom stereocenters. The number of nitrogens with one attached hydrogen (secondary N) is 1. The van der Waals surface area contributed by atoms with E-state index in [0.29, 0.717) is 5.56 Å². The van der Waals surface area contributed by atoms with Crippen LogP contribution in [0.25, 0.3) is 0 Å². The molecule has 0 fully saturated rings. The first kappa shape index (κ1) is 15.6. The molecule has 2 rings (SSSR count). The summed E-state index contributed by atoms with van der Waals surface area (Å²) >= 11 is 1.11. The van der Waals surface area contributed by atoms with Crippen LogP contribution in [0.5, 0.6) is 0 Å². The van der Waals surface area contributed by atoms with Crippen LogP contribution in [0.2, 0.25) is 0 Å². The van der Waals surface area contributed by atoms with Gasteiger partial charge in [0.1, 0.15) is 10.4 Å². The molecule has 1 amide bonds. The molecule has 0 aliphatic rings. The predicted molar refractivity (Wildman–Crippen MR) is 81.4 cm³/mol. The zero-order chi connectivity index (χ0) is 16.3. The van der Waals surface area contributed by atoms with Crippen molar-refractivity contribution in [3.05, 3.63) is 55.8 Å². The van der Waals surface area contributed by atoms with E-state index in [9.17, 15) is 19.7 Å². The number of nitro benzene ring substituents is 1. The molecule has 0 aliphatic heterocycles. The van der Waals surface area contributed by atoms with E-state index >= 15 is 0 Å². The number of esters is 1. The Labute approximate surface area is 129 Å². The lowest BCUT2D eigenvalue weighted by Crippen LogP contribution is -2.16. The minimum Gasteiger partial charge on any atom is -0.465 e. The number of thiophene rings is 1. The van der Waals surface area contributed by atoms with Crippen molar-refractivity contribution in [3.63, 3.8) is 0 Å². The molecule has 8 heteroatoms. The quantitative estimate of drug-likeness (QED) is 0.530. The largest absolute Gasteiger partial charge is 0.465 e. The lowest BCUT2D eigenvalue weighted by Gasteiger charge is -2.07. The predicted octanol–water partition coefficient (Wildman–Crippen LogP) is 3.00. The van der Waals surface area contributed by atoms with Gasteiger partial charge in [0.15, 0.2) is 0 Å². The zero-order valence-corrected chi connectivity index (χ0v) is 12.6. The molecular formula is C14H12N2O5S. The van der Waals surface area contributed by atoms with E-state index in [1.807, 2.05) is 0 Å². The van der Waals surface area contributed by atoms with E-state index in [0.717, 1.165) is 11.3 Å². The number of methoxy groups -OCH3 is 1. The first-order chi connectivity index (χ1) is 10.5. The molecule has 22 heavy (non-hydrogen) atoms. The number of ether oxygens (including phenoxy) is 1. The third-order valence-corrected chi connectivity index (χ3v) is 3.84. The van der Waals surface area contributed by atoms with Gasteiger partial charge >= 0.3 is 5.97 Å². The maximum Gasteiger partial charge on any atom is 0.350 e. The number of carbonyl (C=O) groups is 2. The summed E-state index contributed by atoms with van der Waals surface area (Å²) in [6, 6.07) is 6.02. The highest BCUT2D eigenvalue weighted by molar-refractivity contribution is 7.12. The van der Waals surface area contributed by atoms with Gasteiger partial charge < -0.3 is 10.1 Å². The highest BCUT2D eigenvalue weighted by Crippen LogP contribution is 2.27. The number of para-hydroxylation sites is 1. The highest BCUT2D eigenvalue weighted by Gasteiger charge is 2.24. The number of nitro groups is 1. The lowest BCUT2D eigenvalue weighted by atomic mass is 10.1. The van der Waals surface area contributed by atoms with Crippen LogP contribution in [0.15, 0.2) is 29.6 Å². The summed E-state index contributed by atoms with van der Waals surface area (Å²) in [5.74, 6) is -1.23. The number of hydrogen-bond donors (Lipinski definition) is 1. The Kier molecular flexibility index (Phi) is 4.52. The van der Waals surface area contributed by atoms with Gasteiger partial charge in [-0.25, -0.2) is 4.79 Å². The SMILES string of the molecule is COC(=O)c1sccc1NC(=O)c1cccc(C)c1[N+](=O)[O-]. The molecular weight excluding hydrogens is 308 g/mol. The fourth-order valence-electron chi connectivity index (χ4n) is 1.93. The smallest absolute Gasteiger partial charge is 0.350 e. The normalized spacial score (nSPS) is 10.1. The maximum atomic E-state index is 12.3. The van der Waals surface area contributed by atoms with Crippen LogP contribution in [-0.4, -0.2) is 23.9 Å². The molecule has 0 bridgehead atoms. The van der Waals surface area contributed by atoms with Gasteiger partial charge in [-0.15, -0.1) is 11.3 Å². The van der Waals surface area contributed by atoms with Gasteiger partial charge in [-0.1, -0.05) is 12.1 Å². The van der Waals surface area contributed by atoms with Gasteiger partial charge in [0.25, 0.3) is 11.6 Å². The summed E-state index contributed by atoms with van der Waals surface area (Å²) in [6.45, 7) is 1.55. The molecule has 0 saturated heterocycles. The molecule has 7 nitrogen and oxygen atoms in total. The molecule has 1 aromatic heterocycles. The number of aryl methyl sites for hydroxylation is 1. The molecule has 114 valence electrons. The van der Waals surface area contributed by atoms with E-state index < -0.39 is 16.8 Å². The molecule has 2 aromatic rings. The van der Waals surface area contributed by atoms with E-state index in [1.165, 1.54) is 19.2 Å². The van der Waals surface area contributed by atoms with Crippen molar-refractivity contribution in [2.75, 3.05) is 12.4 Å². The summed E-state index contributed by atoms with van der Waals surface area (Å²) in [4.78, 5) is 34.6. The fourth-order valence-corrected chi connectivity index (χ4v) is 2.70. The summed E-state index contributed by atoms with van der Waals surface area (Å²) < 4.78 is 4.62. The summed E-state index contributed by atoms with van der Waals surface area (Å²) in [6.07, 6.45) is 0. The average Bonchev–Trinajstić information content (AvgIpc) is 2.93. The second kappa shape index (κ2) is 6.35. The van der Waals surface area contributed by atoms with Crippen LogP contribution < -0.4 is 5.32 Å². The Morgan fingerprint density at radius 1 is 1.32 bits per heavy atom. The molecule has 0 saturated carbocycles. The third-order valence-electron chi connectivity index (χ3n) is 2.95. The minimum absolute atomic E-state index is 0.0629. The Hall–Kier alpha value is -2.74. The summed E-state index contributed by atoms with van der Waals surface area (Å²) in [5, 5.41) is 15.3. The van der Waals surface area contributed by atoms with Crippen molar-refractivity contribution in [1.29, 1.82) is 0 Å². The van der Waals surface area contributed by atoms with Crippen molar-refractivity contribution < 1.29 is 19.2 Å². The van der Waals surface area contributed by atoms with Crippen LogP contribution in [0, 0.1) is 17.0 Å². The van der Waals surface area contributed by atoms with Gasteiger partial charge in [-0.2, -0.15) is 0 Å². The van der Waals surface area contributed by atoms with Crippen molar-refractivity contribution in [2.24, 2.45) is 0 Å². The monoisotopic (exact) mass is 320 g/mol. The number of nitrogens with zero attached hydrogens (tertiary/aromatic N) is 1. The molecule has 0 aliphatic carbocycles. The number of rotatable bonds is 4. The lowest BCUT2D eigenvalue weighted by molar-refractivity contribution is -0.385. The van der Waals surface area contributed by atoms with Crippen LogP contribution in [0.1, 0.15) is 25.6 Å². The first-order valence-electron chi connectivity index (χ1n) is 6.17. The summed E-state index contributed by atoms with van der Waals surface area (Å²) in [7, 11) is 1.24. The second-order valence-electron chi connectivity index (χ2n) is 4.34. The fraction of sp³-hybridized carbons (Fsp3) is 0.143. The number of anilines is 1. The molecule has 1 aromatic carbocycles. The summed E-state index contributed by atoms with van der Waals surface area (Å²) in [5.41, 5.74) is 0.329. The highest BCUT2D eigenvalue weighted by atomic mass is 32.1.